The molecule has 0 aromatic heterocycles. The zero-order valence-electron chi connectivity index (χ0n) is 25.4. The first-order valence-corrected chi connectivity index (χ1v) is 15.5. The molecule has 3 aromatic rings. The predicted molar refractivity (Wildman–Crippen MR) is 174 cm³/mol. The Labute approximate surface area is 256 Å². The van der Waals surface area contributed by atoms with E-state index >= 15 is 0 Å². The van der Waals surface area contributed by atoms with Gasteiger partial charge in [-0.25, -0.2) is 9.59 Å². The number of aryl methyl sites for hydroxylation is 1. The number of unbranched alkanes of at least 4 members (excludes halogenated alkanes) is 8. The lowest BCUT2D eigenvalue weighted by molar-refractivity contribution is -0.128. The van der Waals surface area contributed by atoms with Crippen molar-refractivity contribution in [1.29, 1.82) is 0 Å². The van der Waals surface area contributed by atoms with Crippen LogP contribution < -0.4 is 20.9 Å². The van der Waals surface area contributed by atoms with E-state index in [-0.39, 0.29) is 0 Å². The molecule has 7 heteroatoms. The van der Waals surface area contributed by atoms with Gasteiger partial charge in [0.05, 0.1) is 18.8 Å². The summed E-state index contributed by atoms with van der Waals surface area (Å²) in [5.41, 5.74) is 14.9. The number of hydrogen-bond donors (Lipinski definition) is 2. The van der Waals surface area contributed by atoms with Crippen molar-refractivity contribution >= 4 is 29.4 Å². The molecule has 0 aliphatic heterocycles. The summed E-state index contributed by atoms with van der Waals surface area (Å²) >= 11 is 0. The minimum Gasteiger partial charge on any atom is -0.494 e. The monoisotopic (exact) mass is 586 g/mol. The van der Waals surface area contributed by atoms with Crippen molar-refractivity contribution in [1.82, 2.24) is 0 Å². The van der Waals surface area contributed by atoms with Crippen LogP contribution in [0.4, 0.5) is 11.4 Å². The van der Waals surface area contributed by atoms with Crippen molar-refractivity contribution in [3.63, 3.8) is 0 Å². The molecule has 3 rings (SSSR count). The number of benzene rings is 3. The molecule has 0 fully saturated rings. The van der Waals surface area contributed by atoms with Crippen LogP contribution in [0.5, 0.6) is 11.5 Å². The van der Waals surface area contributed by atoms with E-state index in [9.17, 15) is 9.59 Å². The Balaban J connectivity index is 1.22. The quantitative estimate of drug-likeness (QED) is 0.0479. The molecule has 0 aliphatic rings. The zero-order chi connectivity index (χ0) is 30.7. The van der Waals surface area contributed by atoms with Crippen molar-refractivity contribution in [3.8, 4) is 11.5 Å². The normalized spacial score (nSPS) is 11.0. The second kappa shape index (κ2) is 19.0. The fraction of sp³-hybridized carbons (Fsp3) is 0.389. The van der Waals surface area contributed by atoms with Crippen LogP contribution in [0.3, 0.4) is 0 Å². The molecule has 7 nitrogen and oxygen atoms in total. The van der Waals surface area contributed by atoms with Crippen molar-refractivity contribution in [2.24, 2.45) is 0 Å². The van der Waals surface area contributed by atoms with Crippen LogP contribution in [-0.2, 0) is 16.0 Å². The number of rotatable bonds is 19. The smallest absolute Gasteiger partial charge is 0.338 e. The van der Waals surface area contributed by atoms with Crippen molar-refractivity contribution in [3.05, 3.63) is 89.5 Å². The topological polar surface area (TPSA) is 114 Å². The summed E-state index contributed by atoms with van der Waals surface area (Å²) in [4.78, 5) is 24.3. The van der Waals surface area contributed by atoms with Gasteiger partial charge < -0.3 is 25.7 Å². The maximum absolute atomic E-state index is 12.2. The van der Waals surface area contributed by atoms with Crippen LogP contribution in [0.25, 0.3) is 6.08 Å². The maximum atomic E-state index is 12.2. The summed E-state index contributed by atoms with van der Waals surface area (Å²) in [7, 11) is 0. The number of hydrogen-bond acceptors (Lipinski definition) is 7. The van der Waals surface area contributed by atoms with Crippen LogP contribution in [0, 0.1) is 0 Å². The molecular weight excluding hydrogens is 540 g/mol. The van der Waals surface area contributed by atoms with Gasteiger partial charge in [-0.3, -0.25) is 0 Å². The molecule has 0 heterocycles. The number of nitrogens with two attached hydrogens (primary N) is 2. The Kier molecular flexibility index (Phi) is 14.7. The third kappa shape index (κ3) is 13.5. The Hall–Kier alpha value is -4.26. The molecule has 43 heavy (non-hydrogen) atoms. The van der Waals surface area contributed by atoms with Crippen LogP contribution in [-0.4, -0.2) is 25.2 Å². The first-order valence-electron chi connectivity index (χ1n) is 15.5. The second-order valence-electron chi connectivity index (χ2n) is 10.8. The number of ether oxygens (including phenoxy) is 3. The Morgan fingerprint density at radius 3 is 1.98 bits per heavy atom. The molecule has 0 unspecified atom stereocenters. The molecule has 4 N–H and O–H groups in total. The lowest BCUT2D eigenvalue weighted by Crippen LogP contribution is -2.07. The molecule has 3 aromatic carbocycles. The lowest BCUT2D eigenvalue weighted by atomic mass is 10.1. The molecule has 0 radical (unpaired) electrons. The first kappa shape index (κ1) is 33.2. The van der Waals surface area contributed by atoms with E-state index in [1.54, 1.807) is 24.3 Å². The molecule has 0 amide bonds. The number of anilines is 2. The fourth-order valence-electron chi connectivity index (χ4n) is 4.61. The van der Waals surface area contributed by atoms with E-state index < -0.39 is 11.9 Å². The summed E-state index contributed by atoms with van der Waals surface area (Å²) < 4.78 is 16.6. The summed E-state index contributed by atoms with van der Waals surface area (Å²) in [5.74, 6) is 0.559. The average molecular weight is 587 g/mol. The molecule has 0 bridgehead atoms. The summed E-state index contributed by atoms with van der Waals surface area (Å²) in [6, 6.07) is 20.2. The van der Waals surface area contributed by atoms with Gasteiger partial charge in [-0.15, -0.1) is 0 Å². The van der Waals surface area contributed by atoms with E-state index in [1.807, 2.05) is 48.5 Å². The molecule has 0 atom stereocenters. The van der Waals surface area contributed by atoms with Crippen molar-refractivity contribution in [2.75, 3.05) is 24.7 Å². The minimum atomic E-state index is -0.402. The number of carbonyl (C=O) groups is 2. The number of nitrogen functional groups attached to an aromatic ring is 2. The van der Waals surface area contributed by atoms with Crippen LogP contribution in [0.1, 0.15) is 92.6 Å². The highest BCUT2D eigenvalue weighted by atomic mass is 16.5. The average Bonchev–Trinajstić information content (AvgIpc) is 3.00. The van der Waals surface area contributed by atoms with Gasteiger partial charge in [0, 0.05) is 17.5 Å². The van der Waals surface area contributed by atoms with E-state index in [1.165, 1.54) is 37.3 Å². The highest BCUT2D eigenvalue weighted by molar-refractivity contribution is 5.91. The molecule has 0 aliphatic carbocycles. The van der Waals surface area contributed by atoms with Gasteiger partial charge in [0.15, 0.2) is 0 Å². The Morgan fingerprint density at radius 2 is 1.30 bits per heavy atom. The maximum Gasteiger partial charge on any atom is 0.338 e. The zero-order valence-corrected chi connectivity index (χ0v) is 25.4. The van der Waals surface area contributed by atoms with Gasteiger partial charge in [-0.05, 0) is 85.4 Å². The number of carbonyl (C=O) groups excluding carboxylic acids is 2. The largest absolute Gasteiger partial charge is 0.494 e. The van der Waals surface area contributed by atoms with Crippen LogP contribution in [0.15, 0.2) is 72.8 Å². The van der Waals surface area contributed by atoms with E-state index in [0.717, 1.165) is 56.3 Å². The van der Waals surface area contributed by atoms with Crippen molar-refractivity contribution in [2.45, 2.75) is 77.6 Å². The lowest BCUT2D eigenvalue weighted by Gasteiger charge is -2.07. The van der Waals surface area contributed by atoms with Crippen LogP contribution >= 0.6 is 0 Å². The van der Waals surface area contributed by atoms with E-state index in [2.05, 4.69) is 6.92 Å². The molecular formula is C36H46N2O5. The van der Waals surface area contributed by atoms with Gasteiger partial charge >= 0.3 is 11.9 Å². The molecule has 0 saturated carbocycles. The van der Waals surface area contributed by atoms with Crippen LogP contribution in [0.2, 0.25) is 0 Å². The molecule has 0 spiro atoms. The number of esters is 2. The Bertz CT molecular complexity index is 1270. The third-order valence-corrected chi connectivity index (χ3v) is 7.01. The highest BCUT2D eigenvalue weighted by Gasteiger charge is 2.08. The summed E-state index contributed by atoms with van der Waals surface area (Å²) in [6.07, 6.45) is 15.2. The van der Waals surface area contributed by atoms with Gasteiger partial charge in [0.1, 0.15) is 11.5 Å². The van der Waals surface area contributed by atoms with E-state index in [0.29, 0.717) is 35.9 Å². The third-order valence-electron chi connectivity index (χ3n) is 7.01. The minimum absolute atomic E-state index is 0.383. The van der Waals surface area contributed by atoms with Gasteiger partial charge in [-0.2, -0.15) is 0 Å². The van der Waals surface area contributed by atoms with Crippen molar-refractivity contribution < 1.29 is 23.8 Å². The standard InChI is InChI=1S/C36H46N2O5/c1-2-3-4-9-12-28-15-20-34(21-16-28)43-35(39)22-17-29-13-18-33(19-14-29)41-23-10-7-5-6-8-11-24-42-36(40)30-25-31(37)27-32(38)26-30/h13-22,25-27H,2-12,23-24,37-38H2,1H3. The highest BCUT2D eigenvalue weighted by Crippen LogP contribution is 2.18. The first-order chi connectivity index (χ1) is 20.9. The summed E-state index contributed by atoms with van der Waals surface area (Å²) in [5, 5.41) is 0. The van der Waals surface area contributed by atoms with E-state index in [4.69, 9.17) is 25.7 Å². The molecule has 230 valence electrons. The predicted octanol–water partition coefficient (Wildman–Crippen LogP) is 8.17. The van der Waals surface area contributed by atoms with Gasteiger partial charge in [0.25, 0.3) is 0 Å². The SMILES string of the molecule is CCCCCCc1ccc(OC(=O)C=Cc2ccc(OCCCCCCCCOC(=O)c3cc(N)cc(N)c3)cc2)cc1. The molecule has 0 saturated heterocycles. The van der Waals surface area contributed by atoms with Gasteiger partial charge in [0.2, 0.25) is 0 Å². The Morgan fingerprint density at radius 1 is 0.698 bits per heavy atom. The fourth-order valence-corrected chi connectivity index (χ4v) is 4.61. The summed E-state index contributed by atoms with van der Waals surface area (Å²) in [6.45, 7) is 3.25. The van der Waals surface area contributed by atoms with Gasteiger partial charge in [-0.1, -0.05) is 76.1 Å². The second-order valence-corrected chi connectivity index (χ2v) is 10.8.